The van der Waals surface area contributed by atoms with Crippen LogP contribution in [0, 0.1) is 0 Å². The molecule has 0 aliphatic rings. The molecule has 1 heterocycles. The van der Waals surface area contributed by atoms with E-state index in [9.17, 15) is 8.42 Å². The second-order valence-electron chi connectivity index (χ2n) is 4.84. The van der Waals surface area contributed by atoms with Crippen molar-refractivity contribution in [1.82, 2.24) is 4.98 Å². The van der Waals surface area contributed by atoms with Gasteiger partial charge in [-0.05, 0) is 46.0 Å². The van der Waals surface area contributed by atoms with Crippen LogP contribution in [0.2, 0.25) is 0 Å². The molecule has 21 heavy (non-hydrogen) atoms. The first-order chi connectivity index (χ1) is 9.94. The number of nitrogens with zero attached hydrogens (tertiary/aromatic N) is 1. The first-order valence-corrected chi connectivity index (χ1v) is 8.94. The molecular formula is C15H17BrN2O2S. The molecule has 0 saturated carbocycles. The van der Waals surface area contributed by atoms with Crippen molar-refractivity contribution in [2.24, 2.45) is 0 Å². The van der Waals surface area contributed by atoms with Gasteiger partial charge in [-0.3, -0.25) is 9.71 Å². The molecule has 0 radical (unpaired) electrons. The van der Waals surface area contributed by atoms with Crippen molar-refractivity contribution in [3.05, 3.63) is 52.8 Å². The summed E-state index contributed by atoms with van der Waals surface area (Å²) in [7, 11) is -3.64. The van der Waals surface area contributed by atoms with E-state index in [1.807, 2.05) is 18.2 Å². The topological polar surface area (TPSA) is 59.1 Å². The number of nitrogens with one attached hydrogen (secondary N) is 1. The lowest BCUT2D eigenvalue weighted by molar-refractivity contribution is 0.600. The largest absolute Gasteiger partial charge is 0.279 e. The fraction of sp³-hybridized carbons (Fsp3) is 0.267. The zero-order valence-corrected chi connectivity index (χ0v) is 14.3. The second kappa shape index (κ2) is 6.58. The van der Waals surface area contributed by atoms with Gasteiger partial charge < -0.3 is 0 Å². The minimum atomic E-state index is -3.64. The molecule has 112 valence electrons. The van der Waals surface area contributed by atoms with Gasteiger partial charge in [0.1, 0.15) is 4.90 Å². The molecule has 6 heteroatoms. The first-order valence-electron chi connectivity index (χ1n) is 6.66. The van der Waals surface area contributed by atoms with E-state index in [4.69, 9.17) is 0 Å². The Balaban J connectivity index is 2.38. The smallest absolute Gasteiger partial charge is 0.263 e. The molecule has 4 nitrogen and oxygen atoms in total. The third kappa shape index (κ3) is 3.83. The maximum atomic E-state index is 12.4. The molecule has 0 fully saturated rings. The lowest BCUT2D eigenvalue weighted by Crippen LogP contribution is -2.15. The third-order valence-electron chi connectivity index (χ3n) is 3.34. The van der Waals surface area contributed by atoms with Gasteiger partial charge in [0, 0.05) is 16.9 Å². The molecule has 0 aliphatic carbocycles. The summed E-state index contributed by atoms with van der Waals surface area (Å²) >= 11 is 3.23. The van der Waals surface area contributed by atoms with Crippen molar-refractivity contribution in [3.8, 4) is 0 Å². The van der Waals surface area contributed by atoms with Gasteiger partial charge >= 0.3 is 0 Å². The number of aromatic nitrogens is 1. The van der Waals surface area contributed by atoms with Crippen molar-refractivity contribution in [3.63, 3.8) is 0 Å². The Morgan fingerprint density at radius 1 is 1.29 bits per heavy atom. The zero-order chi connectivity index (χ0) is 15.5. The second-order valence-corrected chi connectivity index (χ2v) is 7.44. The van der Waals surface area contributed by atoms with Gasteiger partial charge in [0.15, 0.2) is 0 Å². The van der Waals surface area contributed by atoms with Gasteiger partial charge in [0.05, 0.1) is 5.69 Å². The molecule has 0 amide bonds. The summed E-state index contributed by atoms with van der Waals surface area (Å²) in [6.45, 7) is 4.15. The van der Waals surface area contributed by atoms with E-state index in [1.165, 1.54) is 12.3 Å². The van der Waals surface area contributed by atoms with Crippen molar-refractivity contribution in [1.29, 1.82) is 0 Å². The Bertz CT molecular complexity index is 732. The highest BCUT2D eigenvalue weighted by atomic mass is 79.9. The molecule has 0 saturated heterocycles. The lowest BCUT2D eigenvalue weighted by Gasteiger charge is -2.16. The van der Waals surface area contributed by atoms with E-state index >= 15 is 0 Å². The van der Waals surface area contributed by atoms with Crippen LogP contribution in [-0.2, 0) is 10.0 Å². The predicted octanol–water partition coefficient (Wildman–Crippen LogP) is 4.16. The number of rotatable bonds is 5. The molecule has 1 atom stereocenters. The summed E-state index contributed by atoms with van der Waals surface area (Å²) in [5.41, 5.74) is 1.61. The number of para-hydroxylation sites is 1. The van der Waals surface area contributed by atoms with Crippen LogP contribution in [0.3, 0.4) is 0 Å². The Hall–Kier alpha value is -1.40. The number of hydrogen-bond donors (Lipinski definition) is 1. The van der Waals surface area contributed by atoms with Crippen molar-refractivity contribution >= 4 is 31.6 Å². The number of anilines is 1. The fourth-order valence-electron chi connectivity index (χ4n) is 1.98. The molecule has 1 aromatic carbocycles. The Morgan fingerprint density at radius 3 is 2.67 bits per heavy atom. The molecule has 0 spiro atoms. The van der Waals surface area contributed by atoms with Crippen molar-refractivity contribution in [2.75, 3.05) is 4.72 Å². The summed E-state index contributed by atoms with van der Waals surface area (Å²) in [5.74, 6) is 0.282. The normalized spacial score (nSPS) is 12.9. The molecule has 1 aromatic heterocycles. The van der Waals surface area contributed by atoms with Crippen molar-refractivity contribution in [2.45, 2.75) is 31.1 Å². The van der Waals surface area contributed by atoms with Gasteiger partial charge in [-0.15, -0.1) is 0 Å². The summed E-state index contributed by atoms with van der Waals surface area (Å²) in [6, 6.07) is 9.00. The Kier molecular flexibility index (Phi) is 5.00. The lowest BCUT2D eigenvalue weighted by atomic mass is 9.97. The predicted molar refractivity (Wildman–Crippen MR) is 87.9 cm³/mol. The minimum absolute atomic E-state index is 0.135. The standard InChI is InChI=1S/C15H17BrN2O2S/c1-3-11(2)14-6-4-5-7-15(14)18-21(19,20)13-8-12(16)9-17-10-13/h4-11,18H,3H2,1-2H3. The summed E-state index contributed by atoms with van der Waals surface area (Å²) in [4.78, 5) is 4.03. The summed E-state index contributed by atoms with van der Waals surface area (Å²) in [6.07, 6.45) is 3.82. The van der Waals surface area contributed by atoms with Crippen molar-refractivity contribution < 1.29 is 8.42 Å². The van der Waals surface area contributed by atoms with Crippen LogP contribution in [0.5, 0.6) is 0 Å². The van der Waals surface area contributed by atoms with Crippen LogP contribution in [0.4, 0.5) is 5.69 Å². The SMILES string of the molecule is CCC(C)c1ccccc1NS(=O)(=O)c1cncc(Br)c1. The maximum Gasteiger partial charge on any atom is 0.263 e. The van der Waals surface area contributed by atoms with E-state index in [0.29, 0.717) is 10.2 Å². The minimum Gasteiger partial charge on any atom is -0.279 e. The highest BCUT2D eigenvalue weighted by Gasteiger charge is 2.18. The van der Waals surface area contributed by atoms with Crippen LogP contribution in [0.25, 0.3) is 0 Å². The van der Waals surface area contributed by atoms with Crippen LogP contribution < -0.4 is 4.72 Å². The molecule has 1 unspecified atom stereocenters. The van der Waals surface area contributed by atoms with E-state index in [1.54, 1.807) is 12.3 Å². The van der Waals surface area contributed by atoms with Gasteiger partial charge in [-0.1, -0.05) is 32.0 Å². The molecule has 2 aromatic rings. The van der Waals surface area contributed by atoms with E-state index in [2.05, 4.69) is 39.5 Å². The van der Waals surface area contributed by atoms with Crippen LogP contribution in [0.1, 0.15) is 31.7 Å². The highest BCUT2D eigenvalue weighted by molar-refractivity contribution is 9.10. The van der Waals surface area contributed by atoms with Gasteiger partial charge in [0.2, 0.25) is 0 Å². The first kappa shape index (κ1) is 16.0. The number of halogens is 1. The molecule has 2 rings (SSSR count). The Morgan fingerprint density at radius 2 is 2.00 bits per heavy atom. The van der Waals surface area contributed by atoms with Gasteiger partial charge in [-0.25, -0.2) is 8.42 Å². The maximum absolute atomic E-state index is 12.4. The zero-order valence-electron chi connectivity index (χ0n) is 11.9. The van der Waals surface area contributed by atoms with Crippen LogP contribution >= 0.6 is 15.9 Å². The van der Waals surface area contributed by atoms with Gasteiger partial charge in [0.25, 0.3) is 10.0 Å². The number of sulfonamides is 1. The average molecular weight is 369 g/mol. The van der Waals surface area contributed by atoms with Crippen LogP contribution in [-0.4, -0.2) is 13.4 Å². The van der Waals surface area contributed by atoms with E-state index in [0.717, 1.165) is 12.0 Å². The number of hydrogen-bond acceptors (Lipinski definition) is 3. The highest BCUT2D eigenvalue weighted by Crippen LogP contribution is 2.28. The summed E-state index contributed by atoms with van der Waals surface area (Å²) < 4.78 is 28.2. The monoisotopic (exact) mass is 368 g/mol. The Labute approximate surface area is 133 Å². The number of benzene rings is 1. The third-order valence-corrected chi connectivity index (χ3v) is 5.10. The molecule has 0 bridgehead atoms. The molecular weight excluding hydrogens is 352 g/mol. The van der Waals surface area contributed by atoms with E-state index < -0.39 is 10.0 Å². The van der Waals surface area contributed by atoms with E-state index in [-0.39, 0.29) is 10.8 Å². The number of pyridine rings is 1. The summed E-state index contributed by atoms with van der Waals surface area (Å²) in [5, 5.41) is 0. The van der Waals surface area contributed by atoms with Gasteiger partial charge in [-0.2, -0.15) is 0 Å². The fourth-order valence-corrected chi connectivity index (χ4v) is 3.57. The molecule has 1 N–H and O–H groups in total. The molecule has 0 aliphatic heterocycles. The average Bonchev–Trinajstić information content (AvgIpc) is 2.46. The van der Waals surface area contributed by atoms with Crippen LogP contribution in [0.15, 0.2) is 52.1 Å². The quantitative estimate of drug-likeness (QED) is 0.861.